The highest BCUT2D eigenvalue weighted by molar-refractivity contribution is 6.33. The van der Waals surface area contributed by atoms with E-state index in [2.05, 4.69) is 9.97 Å². The van der Waals surface area contributed by atoms with Crippen molar-refractivity contribution in [3.63, 3.8) is 0 Å². The molecule has 0 atom stereocenters. The molecular formula is C14H10ClN3O. The summed E-state index contributed by atoms with van der Waals surface area (Å²) in [5.41, 5.74) is 8.04. The molecule has 19 heavy (non-hydrogen) atoms. The van der Waals surface area contributed by atoms with Crippen molar-refractivity contribution in [1.29, 1.82) is 0 Å². The second-order valence-electron chi connectivity index (χ2n) is 4.16. The predicted molar refractivity (Wildman–Crippen MR) is 75.1 cm³/mol. The summed E-state index contributed by atoms with van der Waals surface area (Å²) in [6, 6.07) is 12.5. The number of nitrogens with one attached hydrogen (secondary N) is 1. The summed E-state index contributed by atoms with van der Waals surface area (Å²) in [5.74, 6) is 0.206. The molecule has 0 saturated heterocycles. The molecule has 0 saturated carbocycles. The van der Waals surface area contributed by atoms with Gasteiger partial charge in [-0.25, -0.2) is 4.98 Å². The molecule has 0 spiro atoms. The van der Waals surface area contributed by atoms with E-state index < -0.39 is 5.91 Å². The van der Waals surface area contributed by atoms with Gasteiger partial charge in [0.05, 0.1) is 16.1 Å². The molecule has 0 aliphatic heterocycles. The number of hydrogen-bond acceptors (Lipinski definition) is 2. The number of nitrogens with zero attached hydrogens (tertiary/aromatic N) is 1. The topological polar surface area (TPSA) is 71.8 Å². The lowest BCUT2D eigenvalue weighted by molar-refractivity contribution is 0.100. The maximum absolute atomic E-state index is 11.1. The molecule has 3 N–H and O–H groups in total. The standard InChI is InChI=1S/C14H10ClN3O/c15-10-4-2-1-3-9(10)14-17-11-6-5-8(13(16)19)7-12(11)18-14/h1-7H,(H2,16,19)(H,17,18). The van der Waals surface area contributed by atoms with Crippen LogP contribution in [0.5, 0.6) is 0 Å². The largest absolute Gasteiger partial charge is 0.366 e. The van der Waals surface area contributed by atoms with Crippen LogP contribution in [0.15, 0.2) is 42.5 Å². The number of rotatable bonds is 2. The number of hydrogen-bond donors (Lipinski definition) is 2. The molecule has 0 bridgehead atoms. The van der Waals surface area contributed by atoms with Gasteiger partial charge in [0.25, 0.3) is 0 Å². The molecule has 0 radical (unpaired) electrons. The Kier molecular flexibility index (Phi) is 2.72. The van der Waals surface area contributed by atoms with E-state index in [1.165, 1.54) is 0 Å². The first-order valence-corrected chi connectivity index (χ1v) is 6.07. The first-order valence-electron chi connectivity index (χ1n) is 5.69. The third kappa shape index (κ3) is 2.06. The van der Waals surface area contributed by atoms with Crippen molar-refractivity contribution in [2.75, 3.05) is 0 Å². The minimum absolute atomic E-state index is 0.446. The van der Waals surface area contributed by atoms with E-state index in [9.17, 15) is 4.79 Å². The average molecular weight is 272 g/mol. The van der Waals surface area contributed by atoms with Crippen LogP contribution in [0.3, 0.4) is 0 Å². The van der Waals surface area contributed by atoms with E-state index in [1.54, 1.807) is 24.3 Å². The molecule has 1 heterocycles. The molecular weight excluding hydrogens is 262 g/mol. The van der Waals surface area contributed by atoms with Crippen LogP contribution in [0.1, 0.15) is 10.4 Å². The smallest absolute Gasteiger partial charge is 0.248 e. The molecule has 1 aromatic heterocycles. The van der Waals surface area contributed by atoms with E-state index in [0.29, 0.717) is 16.4 Å². The van der Waals surface area contributed by atoms with Gasteiger partial charge in [0.2, 0.25) is 5.91 Å². The second kappa shape index (κ2) is 4.40. The number of halogens is 1. The minimum atomic E-state index is -0.462. The van der Waals surface area contributed by atoms with E-state index in [-0.39, 0.29) is 0 Å². The molecule has 1 amide bonds. The lowest BCUT2D eigenvalue weighted by Crippen LogP contribution is -2.10. The van der Waals surface area contributed by atoms with E-state index >= 15 is 0 Å². The Morgan fingerprint density at radius 1 is 1.21 bits per heavy atom. The normalized spacial score (nSPS) is 10.8. The summed E-state index contributed by atoms with van der Waals surface area (Å²) >= 11 is 6.13. The van der Waals surface area contributed by atoms with Gasteiger partial charge in [-0.05, 0) is 30.3 Å². The zero-order valence-electron chi connectivity index (χ0n) is 9.85. The van der Waals surface area contributed by atoms with Gasteiger partial charge in [-0.3, -0.25) is 4.79 Å². The molecule has 3 aromatic rings. The highest BCUT2D eigenvalue weighted by Crippen LogP contribution is 2.27. The number of H-pyrrole nitrogens is 1. The fourth-order valence-electron chi connectivity index (χ4n) is 1.94. The third-order valence-electron chi connectivity index (χ3n) is 2.90. The summed E-state index contributed by atoms with van der Waals surface area (Å²) in [7, 11) is 0. The number of imidazole rings is 1. The van der Waals surface area contributed by atoms with E-state index in [1.807, 2.05) is 18.2 Å². The Hall–Kier alpha value is -2.33. The number of carbonyl (C=O) groups excluding carboxylic acids is 1. The van der Waals surface area contributed by atoms with Gasteiger partial charge in [-0.1, -0.05) is 23.7 Å². The highest BCUT2D eigenvalue weighted by Gasteiger charge is 2.09. The van der Waals surface area contributed by atoms with Crippen LogP contribution in [0, 0.1) is 0 Å². The maximum atomic E-state index is 11.1. The summed E-state index contributed by atoms with van der Waals surface area (Å²) < 4.78 is 0. The first kappa shape index (κ1) is 11.7. The summed E-state index contributed by atoms with van der Waals surface area (Å²) in [6.45, 7) is 0. The van der Waals surface area contributed by atoms with E-state index in [0.717, 1.165) is 16.6 Å². The molecule has 2 aromatic carbocycles. The van der Waals surface area contributed by atoms with Gasteiger partial charge in [0, 0.05) is 11.1 Å². The van der Waals surface area contributed by atoms with Gasteiger partial charge >= 0.3 is 0 Å². The quantitative estimate of drug-likeness (QED) is 0.752. The van der Waals surface area contributed by atoms with Crippen molar-refractivity contribution in [2.45, 2.75) is 0 Å². The molecule has 0 aliphatic carbocycles. The van der Waals surface area contributed by atoms with Gasteiger partial charge in [0.1, 0.15) is 5.82 Å². The Balaban J connectivity index is 2.17. The van der Waals surface area contributed by atoms with Crippen molar-refractivity contribution in [2.24, 2.45) is 5.73 Å². The molecule has 94 valence electrons. The molecule has 0 fully saturated rings. The fourth-order valence-corrected chi connectivity index (χ4v) is 2.17. The van der Waals surface area contributed by atoms with Gasteiger partial charge in [0.15, 0.2) is 0 Å². The highest BCUT2D eigenvalue weighted by atomic mass is 35.5. The molecule has 4 nitrogen and oxygen atoms in total. The number of nitrogens with two attached hydrogens (primary N) is 1. The van der Waals surface area contributed by atoms with Crippen LogP contribution in [0.2, 0.25) is 5.02 Å². The fraction of sp³-hybridized carbons (Fsp3) is 0. The van der Waals surface area contributed by atoms with Crippen LogP contribution < -0.4 is 5.73 Å². The molecule has 0 aliphatic rings. The minimum Gasteiger partial charge on any atom is -0.366 e. The number of benzene rings is 2. The van der Waals surface area contributed by atoms with Crippen LogP contribution in [0.25, 0.3) is 22.4 Å². The molecule has 0 unspecified atom stereocenters. The Morgan fingerprint density at radius 2 is 2.00 bits per heavy atom. The first-order chi connectivity index (χ1) is 9.15. The second-order valence-corrected chi connectivity index (χ2v) is 4.57. The van der Waals surface area contributed by atoms with Gasteiger partial charge < -0.3 is 10.7 Å². The molecule has 3 rings (SSSR count). The van der Waals surface area contributed by atoms with Crippen LogP contribution >= 0.6 is 11.6 Å². The summed E-state index contributed by atoms with van der Waals surface area (Å²) in [4.78, 5) is 18.7. The number of aromatic amines is 1. The zero-order chi connectivity index (χ0) is 13.4. The Bertz CT molecular complexity index is 779. The van der Waals surface area contributed by atoms with Gasteiger partial charge in [-0.2, -0.15) is 0 Å². The summed E-state index contributed by atoms with van der Waals surface area (Å²) in [5, 5.41) is 0.622. The van der Waals surface area contributed by atoms with Crippen LogP contribution in [-0.2, 0) is 0 Å². The average Bonchev–Trinajstić information content (AvgIpc) is 2.81. The zero-order valence-corrected chi connectivity index (χ0v) is 10.6. The van der Waals surface area contributed by atoms with Crippen LogP contribution in [0.4, 0.5) is 0 Å². The lowest BCUT2D eigenvalue weighted by Gasteiger charge is -1.98. The van der Waals surface area contributed by atoms with E-state index in [4.69, 9.17) is 17.3 Å². The number of fused-ring (bicyclic) bond motifs is 1. The number of aromatic nitrogens is 2. The van der Waals surface area contributed by atoms with Crippen molar-refractivity contribution in [3.05, 3.63) is 53.1 Å². The monoisotopic (exact) mass is 271 g/mol. The van der Waals surface area contributed by atoms with Crippen molar-refractivity contribution >= 4 is 28.5 Å². The Morgan fingerprint density at radius 3 is 2.74 bits per heavy atom. The third-order valence-corrected chi connectivity index (χ3v) is 3.22. The van der Waals surface area contributed by atoms with Crippen molar-refractivity contribution in [1.82, 2.24) is 9.97 Å². The number of amides is 1. The van der Waals surface area contributed by atoms with Gasteiger partial charge in [-0.15, -0.1) is 0 Å². The number of primary amides is 1. The Labute approximate surface area is 114 Å². The van der Waals surface area contributed by atoms with Crippen LogP contribution in [-0.4, -0.2) is 15.9 Å². The summed E-state index contributed by atoms with van der Waals surface area (Å²) in [6.07, 6.45) is 0. The van der Waals surface area contributed by atoms with Crippen molar-refractivity contribution < 1.29 is 4.79 Å². The molecule has 5 heteroatoms. The SMILES string of the molecule is NC(=O)c1ccc2nc(-c3ccccc3Cl)[nH]c2c1. The predicted octanol–water partition coefficient (Wildman–Crippen LogP) is 2.98. The number of carbonyl (C=O) groups is 1. The maximum Gasteiger partial charge on any atom is 0.248 e. The lowest BCUT2D eigenvalue weighted by atomic mass is 10.2. The van der Waals surface area contributed by atoms with Crippen molar-refractivity contribution in [3.8, 4) is 11.4 Å².